The van der Waals surface area contributed by atoms with Crippen molar-refractivity contribution in [2.45, 2.75) is 44.2 Å². The Kier molecular flexibility index (Phi) is 4.45. The van der Waals surface area contributed by atoms with Crippen molar-refractivity contribution in [3.05, 3.63) is 35.4 Å². The van der Waals surface area contributed by atoms with Gasteiger partial charge in [-0.2, -0.15) is 0 Å². The Morgan fingerprint density at radius 3 is 2.40 bits per heavy atom. The molecule has 1 fully saturated rings. The lowest BCUT2D eigenvalue weighted by molar-refractivity contribution is 0.0552. The highest BCUT2D eigenvalue weighted by molar-refractivity contribution is 5.26. The van der Waals surface area contributed by atoms with E-state index in [1.807, 2.05) is 14.1 Å². The average Bonchev–Trinajstić information content (AvgIpc) is 2.41. The minimum Gasteiger partial charge on any atom is -0.322 e. The van der Waals surface area contributed by atoms with E-state index in [-0.39, 0.29) is 11.1 Å². The Balaban J connectivity index is 2.36. The summed E-state index contributed by atoms with van der Waals surface area (Å²) in [6, 6.07) is 3.03. The van der Waals surface area contributed by atoms with E-state index < -0.39 is 17.7 Å². The van der Waals surface area contributed by atoms with Gasteiger partial charge in [-0.25, -0.2) is 8.78 Å². The van der Waals surface area contributed by atoms with E-state index in [1.165, 1.54) is 12.1 Å². The van der Waals surface area contributed by atoms with Crippen LogP contribution < -0.4 is 5.73 Å². The molecule has 20 heavy (non-hydrogen) atoms. The summed E-state index contributed by atoms with van der Waals surface area (Å²) in [4.78, 5) is 2.09. The number of likely N-dealkylation sites (N-methyl/N-ethyl adjacent to an activating group) is 1. The van der Waals surface area contributed by atoms with Gasteiger partial charge in [0, 0.05) is 11.1 Å². The summed E-state index contributed by atoms with van der Waals surface area (Å²) in [6.45, 7) is 2.23. The van der Waals surface area contributed by atoms with Gasteiger partial charge >= 0.3 is 0 Å². The molecule has 0 aliphatic heterocycles. The predicted octanol–water partition coefficient (Wildman–Crippen LogP) is 3.48. The average molecular weight is 282 g/mol. The van der Waals surface area contributed by atoms with Gasteiger partial charge in [0.15, 0.2) is 0 Å². The fraction of sp³-hybridized carbons (Fsp3) is 0.625. The molecule has 1 atom stereocenters. The lowest BCUT2D eigenvalue weighted by Crippen LogP contribution is -2.54. The standard InChI is InChI=1S/C16H24F2N2/c1-11-6-8-16(9-7-11,20(2)3)15(19)13-10-12(17)4-5-14(13)18/h4-5,10-11,15H,6-9,19H2,1-3H3. The summed E-state index contributed by atoms with van der Waals surface area (Å²) in [7, 11) is 3.96. The second kappa shape index (κ2) is 5.78. The molecule has 0 bridgehead atoms. The van der Waals surface area contributed by atoms with Gasteiger partial charge in [0.1, 0.15) is 11.6 Å². The molecule has 2 N–H and O–H groups in total. The quantitative estimate of drug-likeness (QED) is 0.919. The van der Waals surface area contributed by atoms with E-state index in [4.69, 9.17) is 5.73 Å². The highest BCUT2D eigenvalue weighted by Crippen LogP contribution is 2.43. The normalized spacial score (nSPS) is 28.6. The molecule has 2 nitrogen and oxygen atoms in total. The molecular weight excluding hydrogens is 258 g/mol. The summed E-state index contributed by atoms with van der Waals surface area (Å²) in [5.74, 6) is -0.179. The number of hydrogen-bond donors (Lipinski definition) is 1. The number of nitrogens with zero attached hydrogens (tertiary/aromatic N) is 1. The van der Waals surface area contributed by atoms with E-state index in [0.717, 1.165) is 31.7 Å². The van der Waals surface area contributed by atoms with Gasteiger partial charge in [-0.1, -0.05) is 6.92 Å². The monoisotopic (exact) mass is 282 g/mol. The molecule has 0 amide bonds. The molecule has 1 saturated carbocycles. The molecule has 0 heterocycles. The number of halogens is 2. The van der Waals surface area contributed by atoms with Crippen LogP contribution in [0.25, 0.3) is 0 Å². The first kappa shape index (κ1) is 15.4. The summed E-state index contributed by atoms with van der Waals surface area (Å²) >= 11 is 0. The Morgan fingerprint density at radius 1 is 1.25 bits per heavy atom. The lowest BCUT2D eigenvalue weighted by atomic mass is 9.70. The van der Waals surface area contributed by atoms with Gasteiger partial charge in [-0.15, -0.1) is 0 Å². The Hall–Kier alpha value is -1.00. The second-order valence-electron chi connectivity index (χ2n) is 6.32. The van der Waals surface area contributed by atoms with Crippen LogP contribution in [0.4, 0.5) is 8.78 Å². The Morgan fingerprint density at radius 2 is 1.85 bits per heavy atom. The minimum absolute atomic E-state index is 0.285. The molecule has 1 unspecified atom stereocenters. The van der Waals surface area contributed by atoms with E-state index in [9.17, 15) is 8.78 Å². The van der Waals surface area contributed by atoms with Crippen LogP contribution in [-0.4, -0.2) is 24.5 Å². The fourth-order valence-corrected chi connectivity index (χ4v) is 3.34. The maximum absolute atomic E-state index is 14.0. The van der Waals surface area contributed by atoms with Gasteiger partial charge in [-0.05, 0) is 63.9 Å². The van der Waals surface area contributed by atoms with Crippen LogP contribution >= 0.6 is 0 Å². The van der Waals surface area contributed by atoms with Gasteiger partial charge in [0.05, 0.1) is 6.04 Å². The molecule has 0 radical (unpaired) electrons. The topological polar surface area (TPSA) is 29.3 Å². The molecule has 1 aromatic rings. The number of rotatable bonds is 3. The molecule has 4 heteroatoms. The second-order valence-corrected chi connectivity index (χ2v) is 6.32. The smallest absolute Gasteiger partial charge is 0.128 e. The minimum atomic E-state index is -0.513. The van der Waals surface area contributed by atoms with Crippen LogP contribution in [0.15, 0.2) is 18.2 Å². The summed E-state index contributed by atoms with van der Waals surface area (Å²) in [6.07, 6.45) is 3.97. The lowest BCUT2D eigenvalue weighted by Gasteiger charge is -2.48. The van der Waals surface area contributed by atoms with Crippen LogP contribution in [0.5, 0.6) is 0 Å². The first-order valence-corrected chi connectivity index (χ1v) is 7.25. The summed E-state index contributed by atoms with van der Waals surface area (Å²) in [5.41, 5.74) is 6.37. The molecule has 0 spiro atoms. The van der Waals surface area contributed by atoms with Crippen LogP contribution in [0, 0.1) is 17.6 Å². The zero-order chi connectivity index (χ0) is 14.9. The SMILES string of the molecule is CC1CCC(C(N)c2cc(F)ccc2F)(N(C)C)CC1. The third-order valence-corrected chi connectivity index (χ3v) is 4.90. The van der Waals surface area contributed by atoms with Crippen LogP contribution in [0.3, 0.4) is 0 Å². The molecular formula is C16H24F2N2. The Labute approximate surface area is 120 Å². The van der Waals surface area contributed by atoms with Crippen molar-refractivity contribution < 1.29 is 8.78 Å². The molecule has 112 valence electrons. The summed E-state index contributed by atoms with van der Waals surface area (Å²) in [5, 5.41) is 0. The maximum Gasteiger partial charge on any atom is 0.128 e. The van der Waals surface area contributed by atoms with Crippen LogP contribution in [0.2, 0.25) is 0 Å². The number of benzene rings is 1. The van der Waals surface area contributed by atoms with Crippen LogP contribution in [-0.2, 0) is 0 Å². The number of hydrogen-bond acceptors (Lipinski definition) is 2. The van der Waals surface area contributed by atoms with Crippen molar-refractivity contribution in [1.82, 2.24) is 4.90 Å². The van der Waals surface area contributed by atoms with Crippen molar-refractivity contribution in [3.63, 3.8) is 0 Å². The van der Waals surface area contributed by atoms with Crippen molar-refractivity contribution in [2.24, 2.45) is 11.7 Å². The van der Waals surface area contributed by atoms with Crippen LogP contribution in [0.1, 0.15) is 44.2 Å². The highest BCUT2D eigenvalue weighted by atomic mass is 19.1. The third kappa shape index (κ3) is 2.72. The number of nitrogens with two attached hydrogens (primary N) is 1. The first-order valence-electron chi connectivity index (χ1n) is 7.25. The van der Waals surface area contributed by atoms with Gasteiger partial charge < -0.3 is 10.6 Å². The van der Waals surface area contributed by atoms with Gasteiger partial charge in [-0.3, -0.25) is 0 Å². The van der Waals surface area contributed by atoms with E-state index in [0.29, 0.717) is 5.92 Å². The maximum atomic E-state index is 14.0. The van der Waals surface area contributed by atoms with E-state index in [2.05, 4.69) is 11.8 Å². The van der Waals surface area contributed by atoms with E-state index >= 15 is 0 Å². The third-order valence-electron chi connectivity index (χ3n) is 4.90. The largest absolute Gasteiger partial charge is 0.322 e. The molecule has 1 aliphatic carbocycles. The Bertz CT molecular complexity index is 466. The predicted molar refractivity (Wildman–Crippen MR) is 77.3 cm³/mol. The summed E-state index contributed by atoms with van der Waals surface area (Å²) < 4.78 is 27.4. The van der Waals surface area contributed by atoms with Gasteiger partial charge in [0.2, 0.25) is 0 Å². The molecule has 1 aromatic carbocycles. The van der Waals surface area contributed by atoms with Crippen molar-refractivity contribution >= 4 is 0 Å². The first-order chi connectivity index (χ1) is 9.36. The molecule has 0 saturated heterocycles. The zero-order valence-corrected chi connectivity index (χ0v) is 12.5. The molecule has 2 rings (SSSR count). The fourth-order valence-electron chi connectivity index (χ4n) is 3.34. The van der Waals surface area contributed by atoms with Crippen molar-refractivity contribution in [3.8, 4) is 0 Å². The van der Waals surface area contributed by atoms with E-state index in [1.54, 1.807) is 0 Å². The molecule has 0 aromatic heterocycles. The highest BCUT2D eigenvalue weighted by Gasteiger charge is 2.42. The van der Waals surface area contributed by atoms with Gasteiger partial charge in [0.25, 0.3) is 0 Å². The molecule has 1 aliphatic rings. The zero-order valence-electron chi connectivity index (χ0n) is 12.5. The van der Waals surface area contributed by atoms with Crippen molar-refractivity contribution in [1.29, 1.82) is 0 Å². The van der Waals surface area contributed by atoms with Crippen molar-refractivity contribution in [2.75, 3.05) is 14.1 Å².